The molecule has 1 aromatic carbocycles. The molecule has 6 nitrogen and oxygen atoms in total. The minimum Gasteiger partial charge on any atom is -0.390 e. The van der Waals surface area contributed by atoms with Crippen LogP contribution in [0, 0.1) is 12.8 Å². The lowest BCUT2D eigenvalue weighted by Crippen LogP contribution is -2.48. The van der Waals surface area contributed by atoms with Crippen LogP contribution in [0.15, 0.2) is 29.2 Å². The molecule has 0 amide bonds. The van der Waals surface area contributed by atoms with Crippen LogP contribution in [0.3, 0.4) is 0 Å². The van der Waals surface area contributed by atoms with Crippen LogP contribution < -0.4 is 4.72 Å². The lowest BCUT2D eigenvalue weighted by molar-refractivity contribution is -0.118. The summed E-state index contributed by atoms with van der Waals surface area (Å²) in [5.74, 6) is -0.459. The van der Waals surface area contributed by atoms with E-state index in [1.807, 2.05) is 6.92 Å². The lowest BCUT2D eigenvalue weighted by atomic mass is 9.97. The van der Waals surface area contributed by atoms with E-state index in [1.165, 1.54) is 12.1 Å². The van der Waals surface area contributed by atoms with Gasteiger partial charge in [0.25, 0.3) is 0 Å². The van der Waals surface area contributed by atoms with E-state index in [4.69, 9.17) is 4.74 Å². The van der Waals surface area contributed by atoms with Crippen molar-refractivity contribution in [3.63, 3.8) is 0 Å². The first-order valence-corrected chi connectivity index (χ1v) is 7.88. The van der Waals surface area contributed by atoms with Crippen molar-refractivity contribution in [2.75, 3.05) is 19.8 Å². The van der Waals surface area contributed by atoms with E-state index in [2.05, 4.69) is 4.72 Å². The normalized spacial score (nSPS) is 27.4. The molecule has 0 aromatic heterocycles. The van der Waals surface area contributed by atoms with Crippen LogP contribution >= 0.6 is 0 Å². The Hall–Kier alpha value is -0.990. The fourth-order valence-electron chi connectivity index (χ4n) is 2.05. The van der Waals surface area contributed by atoms with Crippen molar-refractivity contribution in [2.24, 2.45) is 5.92 Å². The van der Waals surface area contributed by atoms with Crippen LogP contribution in [-0.2, 0) is 14.8 Å². The summed E-state index contributed by atoms with van der Waals surface area (Å²) in [4.78, 5) is 0.176. The number of aliphatic hydroxyl groups is 2. The van der Waals surface area contributed by atoms with Gasteiger partial charge in [-0.2, -0.15) is 0 Å². The van der Waals surface area contributed by atoms with Gasteiger partial charge >= 0.3 is 0 Å². The van der Waals surface area contributed by atoms with Crippen molar-refractivity contribution in [2.45, 2.75) is 24.0 Å². The number of hydrogen-bond donors (Lipinski definition) is 3. The average molecular weight is 301 g/mol. The molecule has 1 aromatic rings. The van der Waals surface area contributed by atoms with Crippen molar-refractivity contribution in [1.82, 2.24) is 4.72 Å². The zero-order chi connectivity index (χ0) is 14.8. The second kappa shape index (κ2) is 6.19. The van der Waals surface area contributed by atoms with Crippen LogP contribution in [0.5, 0.6) is 0 Å². The Morgan fingerprint density at radius 2 is 1.90 bits per heavy atom. The summed E-state index contributed by atoms with van der Waals surface area (Å²) in [5.41, 5.74) is 0.975. The maximum Gasteiger partial charge on any atom is 0.240 e. The summed E-state index contributed by atoms with van der Waals surface area (Å²) >= 11 is 0. The molecule has 1 aliphatic rings. The molecule has 20 heavy (non-hydrogen) atoms. The Morgan fingerprint density at radius 1 is 1.25 bits per heavy atom. The van der Waals surface area contributed by atoms with E-state index in [0.29, 0.717) is 0 Å². The van der Waals surface area contributed by atoms with Gasteiger partial charge in [-0.3, -0.25) is 0 Å². The molecule has 1 fully saturated rings. The number of benzene rings is 1. The second-order valence-electron chi connectivity index (χ2n) is 5.02. The maximum atomic E-state index is 12.1. The minimum absolute atomic E-state index is 0.0223. The predicted molar refractivity (Wildman–Crippen MR) is 72.7 cm³/mol. The van der Waals surface area contributed by atoms with Crippen molar-refractivity contribution >= 4 is 10.0 Å². The number of sulfonamides is 1. The Balaban J connectivity index is 2.00. The molecule has 0 radical (unpaired) electrons. The summed E-state index contributed by atoms with van der Waals surface area (Å²) in [6.07, 6.45) is -1.96. The number of aryl methyl sites for hydroxylation is 1. The third-order valence-electron chi connectivity index (χ3n) is 3.36. The summed E-state index contributed by atoms with van der Waals surface area (Å²) in [6, 6.07) is 6.49. The van der Waals surface area contributed by atoms with E-state index in [9.17, 15) is 18.6 Å². The van der Waals surface area contributed by atoms with Gasteiger partial charge in [-0.15, -0.1) is 0 Å². The first-order valence-electron chi connectivity index (χ1n) is 6.40. The van der Waals surface area contributed by atoms with E-state index in [-0.39, 0.29) is 24.7 Å². The summed E-state index contributed by atoms with van der Waals surface area (Å²) in [6.45, 7) is 2.19. The number of hydrogen-bond acceptors (Lipinski definition) is 5. The topological polar surface area (TPSA) is 95.9 Å². The molecule has 0 aliphatic carbocycles. The van der Waals surface area contributed by atoms with Gasteiger partial charge in [0.15, 0.2) is 0 Å². The first kappa shape index (κ1) is 15.4. The third kappa shape index (κ3) is 3.56. The molecule has 0 spiro atoms. The molecule has 0 bridgehead atoms. The SMILES string of the molecule is Cc1ccc(S(=O)(=O)NC[C@@H]2COC[C@@H](O)[C@H]2O)cc1. The van der Waals surface area contributed by atoms with Crippen molar-refractivity contribution in [3.8, 4) is 0 Å². The monoisotopic (exact) mass is 301 g/mol. The molecule has 1 saturated heterocycles. The highest BCUT2D eigenvalue weighted by molar-refractivity contribution is 7.89. The Morgan fingerprint density at radius 3 is 2.55 bits per heavy atom. The van der Waals surface area contributed by atoms with Gasteiger partial charge in [-0.05, 0) is 19.1 Å². The largest absolute Gasteiger partial charge is 0.390 e. The molecule has 0 saturated carbocycles. The quantitative estimate of drug-likeness (QED) is 0.706. The van der Waals surface area contributed by atoms with Crippen molar-refractivity contribution < 1.29 is 23.4 Å². The highest BCUT2D eigenvalue weighted by Crippen LogP contribution is 2.16. The highest BCUT2D eigenvalue weighted by atomic mass is 32.2. The molecular formula is C13H19NO5S. The van der Waals surface area contributed by atoms with Crippen molar-refractivity contribution in [1.29, 1.82) is 0 Å². The van der Waals surface area contributed by atoms with Gasteiger partial charge in [-0.1, -0.05) is 17.7 Å². The van der Waals surface area contributed by atoms with Crippen LogP contribution in [0.4, 0.5) is 0 Å². The zero-order valence-electron chi connectivity index (χ0n) is 11.2. The standard InChI is InChI=1S/C13H19NO5S/c1-9-2-4-11(5-3-9)20(17,18)14-6-10-7-19-8-12(15)13(10)16/h2-5,10,12-16H,6-8H2,1H3/t10-,12-,13+/m1/s1. The number of aliphatic hydroxyl groups excluding tert-OH is 2. The maximum absolute atomic E-state index is 12.1. The van der Waals surface area contributed by atoms with Crippen LogP contribution in [-0.4, -0.2) is 50.6 Å². The predicted octanol–water partition coefficient (Wildman–Crippen LogP) is -0.358. The van der Waals surface area contributed by atoms with Gasteiger partial charge in [-0.25, -0.2) is 13.1 Å². The number of ether oxygens (including phenoxy) is 1. The van der Waals surface area contributed by atoms with Gasteiger partial charge in [0.1, 0.15) is 6.10 Å². The van der Waals surface area contributed by atoms with E-state index >= 15 is 0 Å². The molecule has 7 heteroatoms. The van der Waals surface area contributed by atoms with E-state index in [0.717, 1.165) is 5.56 Å². The van der Waals surface area contributed by atoms with Crippen LogP contribution in [0.2, 0.25) is 0 Å². The Kier molecular flexibility index (Phi) is 4.77. The molecule has 2 rings (SSSR count). The fraction of sp³-hybridized carbons (Fsp3) is 0.538. The Labute approximate surface area is 118 Å². The molecule has 3 N–H and O–H groups in total. The van der Waals surface area contributed by atoms with E-state index < -0.39 is 28.1 Å². The van der Waals surface area contributed by atoms with Crippen molar-refractivity contribution in [3.05, 3.63) is 29.8 Å². The van der Waals surface area contributed by atoms with Gasteiger partial charge in [0.05, 0.1) is 24.2 Å². The molecule has 112 valence electrons. The summed E-state index contributed by atoms with van der Waals surface area (Å²) in [5, 5.41) is 19.2. The second-order valence-corrected chi connectivity index (χ2v) is 6.79. The number of rotatable bonds is 4. The van der Waals surface area contributed by atoms with E-state index in [1.54, 1.807) is 12.1 Å². The summed E-state index contributed by atoms with van der Waals surface area (Å²) in [7, 11) is -3.62. The molecule has 0 unspecified atom stereocenters. The molecule has 1 aliphatic heterocycles. The molecule has 1 heterocycles. The smallest absolute Gasteiger partial charge is 0.240 e. The fourth-order valence-corrected chi connectivity index (χ4v) is 3.14. The highest BCUT2D eigenvalue weighted by Gasteiger charge is 2.32. The zero-order valence-corrected chi connectivity index (χ0v) is 12.0. The molecular weight excluding hydrogens is 282 g/mol. The van der Waals surface area contributed by atoms with Gasteiger partial charge < -0.3 is 14.9 Å². The van der Waals surface area contributed by atoms with Gasteiger partial charge in [0.2, 0.25) is 10.0 Å². The lowest BCUT2D eigenvalue weighted by Gasteiger charge is -2.31. The average Bonchev–Trinajstić information content (AvgIpc) is 2.41. The van der Waals surface area contributed by atoms with Gasteiger partial charge in [0, 0.05) is 12.5 Å². The van der Waals surface area contributed by atoms with Crippen LogP contribution in [0.25, 0.3) is 0 Å². The van der Waals surface area contributed by atoms with Crippen LogP contribution in [0.1, 0.15) is 5.56 Å². The minimum atomic E-state index is -3.62. The number of nitrogens with one attached hydrogen (secondary N) is 1. The third-order valence-corrected chi connectivity index (χ3v) is 4.80. The summed E-state index contributed by atoms with van der Waals surface area (Å²) < 4.78 is 31.7. The first-order chi connectivity index (χ1) is 9.40. The Bertz CT molecular complexity index is 542. The molecule has 3 atom stereocenters.